The van der Waals surface area contributed by atoms with E-state index < -0.39 is 11.2 Å². The van der Waals surface area contributed by atoms with Crippen LogP contribution in [0.5, 0.6) is 0 Å². The van der Waals surface area contributed by atoms with E-state index in [0.29, 0.717) is 38.0 Å². The molecule has 8 nitrogen and oxygen atoms in total. The minimum Gasteiger partial charge on any atom is -0.383 e. The molecular formula is C22H41N5O3. The molecule has 0 spiro atoms. The van der Waals surface area contributed by atoms with Crippen LogP contribution in [0.4, 0.5) is 11.5 Å². The second kappa shape index (κ2) is 11.8. The quantitative estimate of drug-likeness (QED) is 0.537. The van der Waals surface area contributed by atoms with E-state index in [4.69, 9.17) is 5.73 Å². The Bertz CT molecular complexity index is 785. The van der Waals surface area contributed by atoms with E-state index in [1.54, 1.807) is 4.90 Å². The van der Waals surface area contributed by atoms with Crippen molar-refractivity contribution in [1.29, 1.82) is 0 Å². The lowest BCUT2D eigenvalue weighted by Crippen LogP contribution is -2.46. The Morgan fingerprint density at radius 1 is 1.03 bits per heavy atom. The zero-order valence-corrected chi connectivity index (χ0v) is 19.8. The number of H-pyrrole nitrogens is 1. The van der Waals surface area contributed by atoms with Gasteiger partial charge in [0.15, 0.2) is 0 Å². The van der Waals surface area contributed by atoms with Crippen LogP contribution in [0.1, 0.15) is 61.3 Å². The molecule has 1 aromatic rings. The lowest BCUT2D eigenvalue weighted by Gasteiger charge is -2.31. The number of nitrogens with one attached hydrogen (secondary N) is 1. The maximum atomic E-state index is 13.2. The molecule has 172 valence electrons. The molecule has 1 rings (SSSR count). The van der Waals surface area contributed by atoms with Crippen LogP contribution >= 0.6 is 0 Å². The first-order chi connectivity index (χ1) is 14.0. The van der Waals surface area contributed by atoms with Gasteiger partial charge < -0.3 is 15.5 Å². The summed E-state index contributed by atoms with van der Waals surface area (Å²) < 4.78 is 1.39. The summed E-state index contributed by atoms with van der Waals surface area (Å²) in [5.41, 5.74) is 5.45. The lowest BCUT2D eigenvalue weighted by molar-refractivity contribution is -0.130. The van der Waals surface area contributed by atoms with Crippen molar-refractivity contribution in [1.82, 2.24) is 14.5 Å². The number of rotatable bonds is 12. The third-order valence-corrected chi connectivity index (χ3v) is 4.71. The number of unbranched alkanes of at least 4 members (excludes halogenated alkanes) is 1. The molecule has 0 bridgehead atoms. The summed E-state index contributed by atoms with van der Waals surface area (Å²) in [5, 5.41) is 0. The topological polar surface area (TPSA) is 104 Å². The summed E-state index contributed by atoms with van der Waals surface area (Å²) in [5.74, 6) is 0.966. The highest BCUT2D eigenvalue weighted by Crippen LogP contribution is 2.19. The number of carbonyl (C=O) groups is 1. The molecule has 0 aliphatic rings. The lowest BCUT2D eigenvalue weighted by atomic mass is 10.1. The highest BCUT2D eigenvalue weighted by atomic mass is 16.2. The second-order valence-electron chi connectivity index (χ2n) is 9.36. The minimum absolute atomic E-state index is 0.0334. The summed E-state index contributed by atoms with van der Waals surface area (Å²) in [6, 6.07) is 0. The van der Waals surface area contributed by atoms with Crippen LogP contribution in [-0.2, 0) is 11.3 Å². The van der Waals surface area contributed by atoms with Gasteiger partial charge in [-0.05, 0) is 24.2 Å². The Hall–Kier alpha value is -2.25. The van der Waals surface area contributed by atoms with E-state index >= 15 is 0 Å². The number of nitrogen functional groups attached to an aromatic ring is 1. The van der Waals surface area contributed by atoms with Gasteiger partial charge in [-0.3, -0.25) is 19.1 Å². The molecule has 0 saturated heterocycles. The van der Waals surface area contributed by atoms with E-state index in [9.17, 15) is 14.4 Å². The zero-order valence-electron chi connectivity index (χ0n) is 19.8. The molecule has 1 amide bonds. The molecular weight excluding hydrogens is 382 g/mol. The minimum atomic E-state index is -0.541. The number of hydrogen-bond donors (Lipinski definition) is 2. The fraction of sp³-hybridized carbons (Fsp3) is 0.773. The molecule has 1 heterocycles. The molecule has 8 heteroatoms. The number of nitrogens with two attached hydrogens (primary N) is 1. The molecule has 0 atom stereocenters. The molecule has 3 N–H and O–H groups in total. The first kappa shape index (κ1) is 25.8. The molecule has 30 heavy (non-hydrogen) atoms. The molecule has 0 radical (unpaired) electrons. The third-order valence-electron chi connectivity index (χ3n) is 4.71. The Kier molecular flexibility index (Phi) is 10.2. The van der Waals surface area contributed by atoms with Gasteiger partial charge in [-0.15, -0.1) is 0 Å². The number of nitrogens with zero attached hydrogens (tertiary/aromatic N) is 3. The van der Waals surface area contributed by atoms with Crippen molar-refractivity contribution in [3.05, 3.63) is 20.8 Å². The van der Waals surface area contributed by atoms with Crippen LogP contribution in [0.3, 0.4) is 0 Å². The molecule has 1 aromatic heterocycles. The van der Waals surface area contributed by atoms with Crippen molar-refractivity contribution < 1.29 is 4.79 Å². The SMILES string of the molecule is CCCCN(CC(=O)N(CC(C)C)CC(C)C)c1c(N)n(CC(C)C)c(=O)[nH]c1=O. The van der Waals surface area contributed by atoms with Gasteiger partial charge >= 0.3 is 5.69 Å². The highest BCUT2D eigenvalue weighted by molar-refractivity contribution is 5.82. The van der Waals surface area contributed by atoms with Gasteiger partial charge in [0.2, 0.25) is 5.91 Å². The fourth-order valence-electron chi connectivity index (χ4n) is 3.47. The van der Waals surface area contributed by atoms with Gasteiger partial charge in [-0.25, -0.2) is 4.79 Å². The van der Waals surface area contributed by atoms with Crippen molar-refractivity contribution in [2.24, 2.45) is 17.8 Å². The maximum absolute atomic E-state index is 13.2. The number of amides is 1. The summed E-state index contributed by atoms with van der Waals surface area (Å²) in [4.78, 5) is 44.1. The largest absolute Gasteiger partial charge is 0.383 e. The number of aromatic amines is 1. The summed E-state index contributed by atoms with van der Waals surface area (Å²) >= 11 is 0. The number of aromatic nitrogens is 2. The average Bonchev–Trinajstić information content (AvgIpc) is 2.61. The number of carbonyl (C=O) groups excluding carboxylic acids is 1. The maximum Gasteiger partial charge on any atom is 0.330 e. The molecule has 0 fully saturated rings. The third kappa shape index (κ3) is 7.54. The van der Waals surface area contributed by atoms with Gasteiger partial charge in [0, 0.05) is 26.2 Å². The number of hydrogen-bond acceptors (Lipinski definition) is 5. The standard InChI is InChI=1S/C22H41N5O3/c1-8-9-10-25(14-18(28)26(11-15(2)3)12-16(4)5)19-20(23)27(13-17(6)7)22(30)24-21(19)29/h15-17H,8-14,23H2,1-7H3,(H,24,29,30). The van der Waals surface area contributed by atoms with E-state index in [-0.39, 0.29) is 29.9 Å². The van der Waals surface area contributed by atoms with Crippen molar-refractivity contribution in [3.8, 4) is 0 Å². The van der Waals surface area contributed by atoms with Crippen molar-refractivity contribution in [2.75, 3.05) is 36.8 Å². The van der Waals surface area contributed by atoms with Crippen LogP contribution < -0.4 is 21.9 Å². The molecule has 0 saturated carbocycles. The Labute approximate surface area is 180 Å². The van der Waals surface area contributed by atoms with Gasteiger partial charge in [-0.2, -0.15) is 0 Å². The van der Waals surface area contributed by atoms with E-state index in [1.807, 2.05) is 18.7 Å². The van der Waals surface area contributed by atoms with Gasteiger partial charge in [0.1, 0.15) is 11.5 Å². The van der Waals surface area contributed by atoms with Crippen LogP contribution in [-0.4, -0.2) is 46.5 Å². The molecule has 0 aliphatic carbocycles. The van der Waals surface area contributed by atoms with Crippen molar-refractivity contribution >= 4 is 17.4 Å². The van der Waals surface area contributed by atoms with Crippen LogP contribution in [0.25, 0.3) is 0 Å². The predicted octanol–water partition coefficient (Wildman–Crippen LogP) is 2.52. The van der Waals surface area contributed by atoms with Gasteiger partial charge in [-0.1, -0.05) is 54.9 Å². The second-order valence-corrected chi connectivity index (χ2v) is 9.36. The average molecular weight is 424 g/mol. The fourth-order valence-corrected chi connectivity index (χ4v) is 3.47. The summed E-state index contributed by atoms with van der Waals surface area (Å²) in [6.07, 6.45) is 1.72. The smallest absolute Gasteiger partial charge is 0.330 e. The van der Waals surface area contributed by atoms with Crippen molar-refractivity contribution in [2.45, 2.75) is 67.9 Å². The predicted molar refractivity (Wildman–Crippen MR) is 124 cm³/mol. The van der Waals surface area contributed by atoms with Gasteiger partial charge in [0.05, 0.1) is 6.54 Å². The first-order valence-electron chi connectivity index (χ1n) is 11.1. The molecule has 0 aliphatic heterocycles. The van der Waals surface area contributed by atoms with Crippen LogP contribution in [0.2, 0.25) is 0 Å². The summed E-state index contributed by atoms with van der Waals surface area (Å²) in [7, 11) is 0. The molecule has 0 aromatic carbocycles. The first-order valence-corrected chi connectivity index (χ1v) is 11.1. The van der Waals surface area contributed by atoms with Crippen LogP contribution in [0, 0.1) is 17.8 Å². The van der Waals surface area contributed by atoms with Crippen LogP contribution in [0.15, 0.2) is 9.59 Å². The van der Waals surface area contributed by atoms with E-state index in [1.165, 1.54) is 4.57 Å². The monoisotopic (exact) mass is 423 g/mol. The Balaban J connectivity index is 3.34. The van der Waals surface area contributed by atoms with E-state index in [0.717, 1.165) is 12.8 Å². The normalized spacial score (nSPS) is 11.5. The molecule has 0 unspecified atom stereocenters. The zero-order chi connectivity index (χ0) is 23.0. The highest BCUT2D eigenvalue weighted by Gasteiger charge is 2.24. The number of anilines is 2. The van der Waals surface area contributed by atoms with E-state index in [2.05, 4.69) is 39.6 Å². The van der Waals surface area contributed by atoms with Crippen molar-refractivity contribution in [3.63, 3.8) is 0 Å². The Morgan fingerprint density at radius 3 is 2.07 bits per heavy atom. The summed E-state index contributed by atoms with van der Waals surface area (Å²) in [6.45, 7) is 16.6. The van der Waals surface area contributed by atoms with Gasteiger partial charge in [0.25, 0.3) is 5.56 Å². The Morgan fingerprint density at radius 2 is 1.60 bits per heavy atom.